The molecule has 2 heterocycles. The SMILES string of the molecule is O=C(NCCCN1CCOCC1)C(=O)NC[C@H](c1cccs1)S(=O)(=O)c1ccc(F)cc1. The van der Waals surface area contributed by atoms with Crippen LogP contribution in [0.3, 0.4) is 0 Å². The smallest absolute Gasteiger partial charge is 0.309 e. The number of nitrogens with one attached hydrogen (secondary N) is 2. The van der Waals surface area contributed by atoms with Crippen LogP contribution in [-0.4, -0.2) is 71.1 Å². The molecule has 1 fully saturated rings. The first-order chi connectivity index (χ1) is 15.4. The number of hydrogen-bond donors (Lipinski definition) is 2. The lowest BCUT2D eigenvalue weighted by molar-refractivity contribution is -0.139. The first kappa shape index (κ1) is 24.3. The molecule has 3 rings (SSSR count). The summed E-state index contributed by atoms with van der Waals surface area (Å²) in [6.07, 6.45) is 0.690. The summed E-state index contributed by atoms with van der Waals surface area (Å²) in [5.74, 6) is -2.25. The Labute approximate surface area is 190 Å². The van der Waals surface area contributed by atoms with Crippen LogP contribution in [0.1, 0.15) is 16.5 Å². The van der Waals surface area contributed by atoms with Crippen LogP contribution in [0.25, 0.3) is 0 Å². The minimum atomic E-state index is -3.91. The average molecular weight is 484 g/mol. The third kappa shape index (κ3) is 6.58. The van der Waals surface area contributed by atoms with E-state index < -0.39 is 32.7 Å². The van der Waals surface area contributed by atoms with E-state index in [-0.39, 0.29) is 11.4 Å². The second-order valence-electron chi connectivity index (χ2n) is 7.28. The van der Waals surface area contributed by atoms with Gasteiger partial charge in [0, 0.05) is 31.1 Å². The summed E-state index contributed by atoms with van der Waals surface area (Å²) in [5.41, 5.74) is 0. The van der Waals surface area contributed by atoms with E-state index in [0.717, 1.165) is 31.8 Å². The van der Waals surface area contributed by atoms with Gasteiger partial charge in [-0.25, -0.2) is 12.8 Å². The van der Waals surface area contributed by atoms with Crippen molar-refractivity contribution in [1.29, 1.82) is 0 Å². The summed E-state index contributed by atoms with van der Waals surface area (Å²) in [5, 5.41) is 5.62. The Morgan fingerprint density at radius 2 is 1.78 bits per heavy atom. The number of sulfone groups is 1. The van der Waals surface area contributed by atoms with E-state index in [1.165, 1.54) is 23.5 Å². The molecule has 8 nitrogen and oxygen atoms in total. The molecule has 174 valence electrons. The Morgan fingerprint density at radius 1 is 1.09 bits per heavy atom. The van der Waals surface area contributed by atoms with Crippen molar-refractivity contribution in [1.82, 2.24) is 15.5 Å². The number of carbonyl (C=O) groups excluding carboxylic acids is 2. The molecule has 32 heavy (non-hydrogen) atoms. The molecule has 1 aliphatic heterocycles. The van der Waals surface area contributed by atoms with E-state index in [0.29, 0.717) is 31.1 Å². The van der Waals surface area contributed by atoms with Gasteiger partial charge in [-0.2, -0.15) is 0 Å². The number of nitrogens with zero attached hydrogens (tertiary/aromatic N) is 1. The fraction of sp³-hybridized carbons (Fsp3) is 0.429. The van der Waals surface area contributed by atoms with Gasteiger partial charge >= 0.3 is 11.8 Å². The van der Waals surface area contributed by atoms with Crippen molar-refractivity contribution in [2.75, 3.05) is 45.9 Å². The second kappa shape index (κ2) is 11.5. The number of halogens is 1. The highest BCUT2D eigenvalue weighted by molar-refractivity contribution is 7.91. The zero-order chi connectivity index (χ0) is 23.0. The van der Waals surface area contributed by atoms with E-state index in [1.807, 2.05) is 0 Å². The van der Waals surface area contributed by atoms with Crippen molar-refractivity contribution in [2.24, 2.45) is 0 Å². The molecule has 2 amide bonds. The van der Waals surface area contributed by atoms with Crippen molar-refractivity contribution < 1.29 is 27.1 Å². The lowest BCUT2D eigenvalue weighted by Crippen LogP contribution is -2.43. The number of morpholine rings is 1. The van der Waals surface area contributed by atoms with Gasteiger partial charge in [0.2, 0.25) is 0 Å². The van der Waals surface area contributed by atoms with Gasteiger partial charge in [0.1, 0.15) is 11.1 Å². The van der Waals surface area contributed by atoms with Crippen LogP contribution < -0.4 is 10.6 Å². The molecular weight excluding hydrogens is 457 g/mol. The standard InChI is InChI=1S/C21H26FN3O5S2/c22-16-4-6-17(7-5-16)32(28,29)19(18-3-1-14-31-18)15-24-21(27)20(26)23-8-2-9-25-10-12-30-13-11-25/h1,3-7,14,19H,2,8-13,15H2,(H,23,26)(H,24,27)/t19-/m1/s1. The van der Waals surface area contributed by atoms with E-state index >= 15 is 0 Å². The predicted molar refractivity (Wildman–Crippen MR) is 119 cm³/mol. The van der Waals surface area contributed by atoms with Crippen LogP contribution in [0.15, 0.2) is 46.7 Å². The van der Waals surface area contributed by atoms with Gasteiger partial charge in [0.15, 0.2) is 9.84 Å². The van der Waals surface area contributed by atoms with Gasteiger partial charge in [0.25, 0.3) is 0 Å². The number of carbonyl (C=O) groups is 2. The molecule has 2 aromatic rings. The molecule has 0 saturated carbocycles. The Bertz CT molecular complexity index is 991. The molecule has 0 aliphatic carbocycles. The first-order valence-electron chi connectivity index (χ1n) is 10.3. The fourth-order valence-corrected chi connectivity index (χ4v) is 6.09. The maximum atomic E-state index is 13.2. The number of rotatable bonds is 9. The largest absolute Gasteiger partial charge is 0.379 e. The third-order valence-electron chi connectivity index (χ3n) is 5.07. The lowest BCUT2D eigenvalue weighted by Gasteiger charge is -2.26. The van der Waals surface area contributed by atoms with Gasteiger partial charge in [-0.15, -0.1) is 11.3 Å². The molecule has 2 N–H and O–H groups in total. The highest BCUT2D eigenvalue weighted by Crippen LogP contribution is 2.31. The normalized spacial score (nSPS) is 15.8. The number of amides is 2. The maximum absolute atomic E-state index is 13.2. The summed E-state index contributed by atoms with van der Waals surface area (Å²) < 4.78 is 44.7. The Balaban J connectivity index is 1.54. The molecule has 1 atom stereocenters. The molecule has 11 heteroatoms. The van der Waals surface area contributed by atoms with Crippen molar-refractivity contribution in [2.45, 2.75) is 16.6 Å². The lowest BCUT2D eigenvalue weighted by atomic mass is 10.3. The molecular formula is C21H26FN3O5S2. The molecule has 1 saturated heterocycles. The molecule has 0 bridgehead atoms. The average Bonchev–Trinajstić information content (AvgIpc) is 3.32. The quantitative estimate of drug-likeness (QED) is 0.317. The van der Waals surface area contributed by atoms with Crippen LogP contribution in [-0.2, 0) is 24.2 Å². The highest BCUT2D eigenvalue weighted by atomic mass is 32.2. The Morgan fingerprint density at radius 3 is 2.44 bits per heavy atom. The number of ether oxygens (including phenoxy) is 1. The zero-order valence-corrected chi connectivity index (χ0v) is 19.1. The maximum Gasteiger partial charge on any atom is 0.309 e. The summed E-state index contributed by atoms with van der Waals surface area (Å²) in [4.78, 5) is 27.0. The molecule has 1 aromatic heterocycles. The minimum absolute atomic E-state index is 0.0564. The first-order valence-corrected chi connectivity index (χ1v) is 12.7. The van der Waals surface area contributed by atoms with Crippen molar-refractivity contribution in [3.63, 3.8) is 0 Å². The highest BCUT2D eigenvalue weighted by Gasteiger charge is 2.31. The second-order valence-corrected chi connectivity index (χ2v) is 10.4. The molecule has 0 unspecified atom stereocenters. The van der Waals surface area contributed by atoms with Crippen LogP contribution >= 0.6 is 11.3 Å². The summed E-state index contributed by atoms with van der Waals surface area (Å²) in [6, 6.07) is 7.87. The van der Waals surface area contributed by atoms with Gasteiger partial charge in [-0.05, 0) is 48.7 Å². The summed E-state index contributed by atoms with van der Waals surface area (Å²) in [6.45, 7) is 3.94. The fourth-order valence-electron chi connectivity index (χ4n) is 3.30. The van der Waals surface area contributed by atoms with E-state index in [9.17, 15) is 22.4 Å². The third-order valence-corrected chi connectivity index (χ3v) is 8.31. The molecule has 1 aromatic carbocycles. The van der Waals surface area contributed by atoms with Crippen molar-refractivity contribution >= 4 is 33.0 Å². The number of benzene rings is 1. The van der Waals surface area contributed by atoms with E-state index in [4.69, 9.17) is 4.74 Å². The van der Waals surface area contributed by atoms with Crippen LogP contribution in [0.5, 0.6) is 0 Å². The minimum Gasteiger partial charge on any atom is -0.379 e. The van der Waals surface area contributed by atoms with Crippen molar-refractivity contribution in [3.8, 4) is 0 Å². The monoisotopic (exact) mass is 483 g/mol. The van der Waals surface area contributed by atoms with Gasteiger partial charge < -0.3 is 15.4 Å². The number of thiophene rings is 1. The van der Waals surface area contributed by atoms with E-state index in [2.05, 4.69) is 15.5 Å². The van der Waals surface area contributed by atoms with Gasteiger partial charge in [-0.1, -0.05) is 6.07 Å². The summed E-state index contributed by atoms with van der Waals surface area (Å²) in [7, 11) is -3.91. The summed E-state index contributed by atoms with van der Waals surface area (Å²) >= 11 is 1.23. The Kier molecular flexibility index (Phi) is 8.74. The van der Waals surface area contributed by atoms with Gasteiger partial charge in [0.05, 0.1) is 18.1 Å². The molecule has 0 radical (unpaired) electrons. The zero-order valence-electron chi connectivity index (χ0n) is 17.5. The van der Waals surface area contributed by atoms with Crippen LogP contribution in [0.2, 0.25) is 0 Å². The number of hydrogen-bond acceptors (Lipinski definition) is 7. The van der Waals surface area contributed by atoms with Crippen molar-refractivity contribution in [3.05, 3.63) is 52.5 Å². The predicted octanol–water partition coefficient (Wildman–Crippen LogP) is 1.36. The van der Waals surface area contributed by atoms with E-state index in [1.54, 1.807) is 17.5 Å². The van der Waals surface area contributed by atoms with Gasteiger partial charge in [-0.3, -0.25) is 14.5 Å². The Hall–Kier alpha value is -2.34. The molecule has 0 spiro atoms. The topological polar surface area (TPSA) is 105 Å². The molecule has 1 aliphatic rings. The van der Waals surface area contributed by atoms with Crippen LogP contribution in [0.4, 0.5) is 4.39 Å². The van der Waals surface area contributed by atoms with Crippen LogP contribution in [0, 0.1) is 5.82 Å².